The molecule has 1 aromatic carbocycles. The molecule has 0 heterocycles. The summed E-state index contributed by atoms with van der Waals surface area (Å²) in [7, 11) is 0. The van der Waals surface area contributed by atoms with E-state index in [0.717, 1.165) is 4.90 Å². The second kappa shape index (κ2) is 5.59. The van der Waals surface area contributed by atoms with Crippen molar-refractivity contribution in [3.8, 4) is 0 Å². The van der Waals surface area contributed by atoms with Gasteiger partial charge in [0, 0.05) is 22.2 Å². The molecule has 6 heteroatoms. The highest BCUT2D eigenvalue weighted by Crippen LogP contribution is 2.34. The second-order valence-electron chi connectivity index (χ2n) is 3.89. The number of likely N-dealkylation sites (N-methyl/N-ethyl adjacent to an activating group) is 1. The summed E-state index contributed by atoms with van der Waals surface area (Å²) in [5.41, 5.74) is -1.25. The van der Waals surface area contributed by atoms with E-state index in [0.29, 0.717) is 11.4 Å². The third kappa shape index (κ3) is 2.44. The molecule has 4 nitrogen and oxygen atoms in total. The van der Waals surface area contributed by atoms with Gasteiger partial charge >= 0.3 is 5.97 Å². The highest BCUT2D eigenvalue weighted by molar-refractivity contribution is 6.34. The van der Waals surface area contributed by atoms with Crippen LogP contribution in [0.4, 0.5) is 0 Å². The average molecular weight is 290 g/mol. The van der Waals surface area contributed by atoms with E-state index in [2.05, 4.69) is 0 Å². The Kier molecular flexibility index (Phi) is 4.59. The summed E-state index contributed by atoms with van der Waals surface area (Å²) in [5.74, 6) is -1.17. The third-order valence-electron chi connectivity index (χ3n) is 2.91. The first kappa shape index (κ1) is 14.8. The number of benzene rings is 1. The Morgan fingerprint density at radius 1 is 1.50 bits per heavy atom. The van der Waals surface area contributed by atoms with Crippen LogP contribution in [0.15, 0.2) is 18.2 Å². The number of amides is 1. The van der Waals surface area contributed by atoms with E-state index in [1.807, 2.05) is 0 Å². The minimum absolute atomic E-state index is 0.245. The molecule has 98 valence electrons. The van der Waals surface area contributed by atoms with Crippen molar-refractivity contribution >= 4 is 35.6 Å². The summed E-state index contributed by atoms with van der Waals surface area (Å²) >= 11 is 11.9. The van der Waals surface area contributed by atoms with Crippen LogP contribution in [-0.4, -0.2) is 28.9 Å². The van der Waals surface area contributed by atoms with Crippen molar-refractivity contribution in [2.75, 3.05) is 6.54 Å². The van der Waals surface area contributed by atoms with Gasteiger partial charge in [-0.3, -0.25) is 4.79 Å². The fraction of sp³-hybridized carbons (Fsp3) is 0.333. The lowest BCUT2D eigenvalue weighted by Crippen LogP contribution is -2.49. The summed E-state index contributed by atoms with van der Waals surface area (Å²) in [5, 5.41) is 10.1. The van der Waals surface area contributed by atoms with Crippen LogP contribution >= 0.6 is 23.2 Å². The summed E-state index contributed by atoms with van der Waals surface area (Å²) in [6.45, 7) is 3.36. The first-order chi connectivity index (χ1) is 8.37. The van der Waals surface area contributed by atoms with Crippen molar-refractivity contribution in [2.24, 2.45) is 0 Å². The van der Waals surface area contributed by atoms with E-state index in [-0.39, 0.29) is 17.1 Å². The molecule has 0 radical (unpaired) electrons. The number of aliphatic carboxylic acids is 1. The lowest BCUT2D eigenvalue weighted by Gasteiger charge is -2.35. The van der Waals surface area contributed by atoms with Gasteiger partial charge in [-0.2, -0.15) is 0 Å². The molecule has 0 bridgehead atoms. The largest absolute Gasteiger partial charge is 0.479 e. The van der Waals surface area contributed by atoms with Gasteiger partial charge in [0.25, 0.3) is 0 Å². The number of hydrogen-bond acceptors (Lipinski definition) is 2. The molecule has 1 unspecified atom stereocenters. The predicted octanol–water partition coefficient (Wildman–Crippen LogP) is 2.77. The molecule has 18 heavy (non-hydrogen) atoms. The highest BCUT2D eigenvalue weighted by Gasteiger charge is 2.42. The molecule has 1 rings (SSSR count). The van der Waals surface area contributed by atoms with Gasteiger partial charge in [0.15, 0.2) is 5.54 Å². The normalized spacial score (nSPS) is 13.8. The molecule has 0 saturated carbocycles. The third-order valence-corrected chi connectivity index (χ3v) is 3.48. The summed E-state index contributed by atoms with van der Waals surface area (Å²) in [6, 6.07) is 4.54. The highest BCUT2D eigenvalue weighted by atomic mass is 35.5. The maximum atomic E-state index is 11.5. The van der Waals surface area contributed by atoms with Crippen LogP contribution in [0.2, 0.25) is 10.0 Å². The lowest BCUT2D eigenvalue weighted by atomic mass is 9.90. The molecule has 0 aliphatic heterocycles. The molecule has 1 atom stereocenters. The van der Waals surface area contributed by atoms with Gasteiger partial charge in [0.2, 0.25) is 6.41 Å². The van der Waals surface area contributed by atoms with E-state index >= 15 is 0 Å². The lowest BCUT2D eigenvalue weighted by molar-refractivity contribution is -0.154. The Morgan fingerprint density at radius 3 is 2.56 bits per heavy atom. The minimum atomic E-state index is -1.54. The van der Waals surface area contributed by atoms with Gasteiger partial charge in [-0.25, -0.2) is 4.79 Å². The summed E-state index contributed by atoms with van der Waals surface area (Å²) in [6.07, 6.45) is 0.491. The van der Waals surface area contributed by atoms with Crippen LogP contribution in [0.1, 0.15) is 19.4 Å². The molecular formula is C12H13Cl2NO3. The average Bonchev–Trinajstić information content (AvgIpc) is 2.33. The van der Waals surface area contributed by atoms with Gasteiger partial charge in [0.05, 0.1) is 0 Å². The van der Waals surface area contributed by atoms with E-state index < -0.39 is 11.5 Å². The van der Waals surface area contributed by atoms with Crippen molar-refractivity contribution < 1.29 is 14.7 Å². The number of carboxylic acid groups (broad SMARTS) is 1. The monoisotopic (exact) mass is 289 g/mol. The minimum Gasteiger partial charge on any atom is -0.479 e. The molecular weight excluding hydrogens is 277 g/mol. The van der Waals surface area contributed by atoms with Crippen LogP contribution in [-0.2, 0) is 15.1 Å². The van der Waals surface area contributed by atoms with E-state index in [4.69, 9.17) is 23.2 Å². The number of nitrogens with zero attached hydrogens (tertiary/aromatic N) is 1. The standard InChI is InChI=1S/C12H13Cl2NO3/c1-3-15(7-16)12(2,11(17)18)9-6-8(13)4-5-10(9)14/h4-7H,3H2,1-2H3,(H,17,18). The number of carbonyl (C=O) groups is 2. The molecule has 0 fully saturated rings. The Morgan fingerprint density at radius 2 is 2.11 bits per heavy atom. The topological polar surface area (TPSA) is 57.6 Å². The molecule has 1 amide bonds. The van der Waals surface area contributed by atoms with Crippen LogP contribution in [0.5, 0.6) is 0 Å². The SMILES string of the molecule is CCN(C=O)C(C)(C(=O)O)c1cc(Cl)ccc1Cl. The van der Waals surface area contributed by atoms with Gasteiger partial charge in [-0.1, -0.05) is 23.2 Å². The number of hydrogen-bond donors (Lipinski definition) is 1. The van der Waals surface area contributed by atoms with Gasteiger partial charge in [-0.15, -0.1) is 0 Å². The second-order valence-corrected chi connectivity index (χ2v) is 4.74. The Hall–Kier alpha value is -1.26. The first-order valence-electron chi connectivity index (χ1n) is 5.28. The van der Waals surface area contributed by atoms with E-state index in [9.17, 15) is 14.7 Å². The maximum absolute atomic E-state index is 11.5. The van der Waals surface area contributed by atoms with Gasteiger partial charge < -0.3 is 10.0 Å². The van der Waals surface area contributed by atoms with Crippen LogP contribution < -0.4 is 0 Å². The molecule has 0 aliphatic rings. The van der Waals surface area contributed by atoms with Crippen LogP contribution in [0.25, 0.3) is 0 Å². The molecule has 0 aromatic heterocycles. The van der Waals surface area contributed by atoms with Crippen molar-refractivity contribution in [3.05, 3.63) is 33.8 Å². The Bertz CT molecular complexity index is 478. The molecule has 0 aliphatic carbocycles. The number of carboxylic acids is 1. The predicted molar refractivity (Wildman–Crippen MR) is 69.9 cm³/mol. The number of halogens is 2. The van der Waals surface area contributed by atoms with E-state index in [1.165, 1.54) is 19.1 Å². The quantitative estimate of drug-likeness (QED) is 0.848. The van der Waals surface area contributed by atoms with Crippen LogP contribution in [0.3, 0.4) is 0 Å². The van der Waals surface area contributed by atoms with Crippen LogP contribution in [0, 0.1) is 0 Å². The fourth-order valence-corrected chi connectivity index (χ4v) is 2.23. The van der Waals surface area contributed by atoms with E-state index in [1.54, 1.807) is 13.0 Å². The fourth-order valence-electron chi connectivity index (χ4n) is 1.76. The maximum Gasteiger partial charge on any atom is 0.334 e. The van der Waals surface area contributed by atoms with Crippen molar-refractivity contribution in [1.82, 2.24) is 4.90 Å². The first-order valence-corrected chi connectivity index (χ1v) is 6.04. The molecule has 1 aromatic rings. The van der Waals surface area contributed by atoms with Gasteiger partial charge in [-0.05, 0) is 32.0 Å². The Labute approximate surface area is 115 Å². The Balaban J connectivity index is 3.49. The zero-order chi connectivity index (χ0) is 13.9. The number of rotatable bonds is 5. The van der Waals surface area contributed by atoms with Crippen molar-refractivity contribution in [2.45, 2.75) is 19.4 Å². The van der Waals surface area contributed by atoms with Crippen molar-refractivity contribution in [1.29, 1.82) is 0 Å². The van der Waals surface area contributed by atoms with Gasteiger partial charge in [0.1, 0.15) is 0 Å². The summed E-state index contributed by atoms with van der Waals surface area (Å²) < 4.78 is 0. The number of carbonyl (C=O) groups excluding carboxylic acids is 1. The zero-order valence-corrected chi connectivity index (χ0v) is 11.5. The molecule has 1 N–H and O–H groups in total. The smallest absolute Gasteiger partial charge is 0.334 e. The molecule has 0 spiro atoms. The van der Waals surface area contributed by atoms with Crippen molar-refractivity contribution in [3.63, 3.8) is 0 Å². The zero-order valence-electron chi connectivity index (χ0n) is 9.98. The summed E-state index contributed by atoms with van der Waals surface area (Å²) in [4.78, 5) is 23.7. The molecule has 0 saturated heterocycles.